The van der Waals surface area contributed by atoms with Gasteiger partial charge in [-0.2, -0.15) is 0 Å². The molecule has 3 aromatic carbocycles. The van der Waals surface area contributed by atoms with Gasteiger partial charge in [0.2, 0.25) is 11.2 Å². The van der Waals surface area contributed by atoms with Crippen LogP contribution in [0.5, 0.6) is 5.75 Å². The van der Waals surface area contributed by atoms with E-state index in [0.29, 0.717) is 21.7 Å². The number of ether oxygens (including phenoxy) is 1. The fourth-order valence-corrected chi connectivity index (χ4v) is 3.77. The molecule has 4 aromatic rings. The van der Waals surface area contributed by atoms with Gasteiger partial charge >= 0.3 is 5.97 Å². The fraction of sp³-hybridized carbons (Fsp3) is 0.214. The Kier molecular flexibility index (Phi) is 6.24. The molecule has 5 nitrogen and oxygen atoms in total. The molecule has 0 atom stereocenters. The summed E-state index contributed by atoms with van der Waals surface area (Å²) in [5.74, 6) is -0.620. The lowest BCUT2D eigenvalue weighted by molar-refractivity contribution is 0.0731. The first-order valence-electron chi connectivity index (χ1n) is 10.9. The lowest BCUT2D eigenvalue weighted by Gasteiger charge is -2.19. The van der Waals surface area contributed by atoms with Crippen molar-refractivity contribution in [2.75, 3.05) is 19.0 Å². The topological polar surface area (TPSA) is 59.8 Å². The van der Waals surface area contributed by atoms with Gasteiger partial charge in [0, 0.05) is 30.4 Å². The van der Waals surface area contributed by atoms with E-state index >= 15 is 0 Å². The maximum atomic E-state index is 13.4. The van der Waals surface area contributed by atoms with E-state index in [9.17, 15) is 9.59 Å². The van der Waals surface area contributed by atoms with Crippen LogP contribution in [0.2, 0.25) is 5.02 Å². The maximum absolute atomic E-state index is 13.4. The summed E-state index contributed by atoms with van der Waals surface area (Å²) in [7, 11) is 3.83. The number of benzene rings is 3. The van der Waals surface area contributed by atoms with Crippen molar-refractivity contribution in [3.8, 4) is 17.1 Å². The molecular formula is C28H26ClNO4. The third kappa shape index (κ3) is 4.70. The summed E-state index contributed by atoms with van der Waals surface area (Å²) in [5.41, 5.74) is 2.89. The van der Waals surface area contributed by atoms with Crippen molar-refractivity contribution in [3.63, 3.8) is 0 Å². The van der Waals surface area contributed by atoms with E-state index in [0.717, 1.165) is 11.3 Å². The van der Waals surface area contributed by atoms with Gasteiger partial charge in [0.1, 0.15) is 5.58 Å². The molecule has 0 aliphatic heterocycles. The molecule has 6 heteroatoms. The van der Waals surface area contributed by atoms with Crippen LogP contribution in [0.4, 0.5) is 5.69 Å². The Bertz CT molecular complexity index is 1410. The van der Waals surface area contributed by atoms with Gasteiger partial charge in [0.25, 0.3) is 0 Å². The molecule has 0 unspecified atom stereocenters. The molecule has 0 fully saturated rings. The number of nitrogens with zero attached hydrogens (tertiary/aromatic N) is 1. The van der Waals surface area contributed by atoms with Crippen LogP contribution in [0, 0.1) is 0 Å². The monoisotopic (exact) mass is 475 g/mol. The van der Waals surface area contributed by atoms with E-state index in [1.807, 2.05) is 55.4 Å². The van der Waals surface area contributed by atoms with Crippen LogP contribution in [0.15, 0.2) is 75.9 Å². The fourth-order valence-electron chi connectivity index (χ4n) is 3.60. The molecule has 1 aromatic heterocycles. The number of esters is 1. The van der Waals surface area contributed by atoms with Gasteiger partial charge in [0.05, 0.1) is 10.9 Å². The normalized spacial score (nSPS) is 11.5. The Morgan fingerprint density at radius 2 is 1.59 bits per heavy atom. The third-order valence-corrected chi connectivity index (χ3v) is 5.87. The minimum absolute atomic E-state index is 0.0342. The van der Waals surface area contributed by atoms with E-state index in [1.165, 1.54) is 6.07 Å². The molecule has 174 valence electrons. The summed E-state index contributed by atoms with van der Waals surface area (Å²) in [6.07, 6.45) is 0. The number of carbonyl (C=O) groups excluding carboxylic acids is 1. The smallest absolute Gasteiger partial charge is 0.343 e. The minimum Gasteiger partial charge on any atom is -0.452 e. The molecule has 0 saturated heterocycles. The second-order valence-electron chi connectivity index (χ2n) is 9.39. The Labute approximate surface area is 203 Å². The van der Waals surface area contributed by atoms with Crippen molar-refractivity contribution in [2.45, 2.75) is 26.2 Å². The first-order valence-corrected chi connectivity index (χ1v) is 11.3. The predicted molar refractivity (Wildman–Crippen MR) is 137 cm³/mol. The van der Waals surface area contributed by atoms with Crippen LogP contribution in [0.1, 0.15) is 36.7 Å². The molecule has 0 spiro atoms. The van der Waals surface area contributed by atoms with Crippen LogP contribution in [-0.2, 0) is 5.41 Å². The molecule has 34 heavy (non-hydrogen) atoms. The van der Waals surface area contributed by atoms with Crippen LogP contribution in [0.3, 0.4) is 0 Å². The van der Waals surface area contributed by atoms with Gasteiger partial charge in [-0.1, -0.05) is 56.6 Å². The summed E-state index contributed by atoms with van der Waals surface area (Å²) in [6.45, 7) is 6.37. The van der Waals surface area contributed by atoms with Crippen molar-refractivity contribution in [1.82, 2.24) is 0 Å². The highest BCUT2D eigenvalue weighted by atomic mass is 35.5. The zero-order chi connectivity index (χ0) is 24.6. The molecule has 0 radical (unpaired) electrons. The number of hydrogen-bond donors (Lipinski definition) is 0. The first kappa shape index (κ1) is 23.6. The minimum atomic E-state index is -0.647. The van der Waals surface area contributed by atoms with Crippen LogP contribution in [0.25, 0.3) is 22.3 Å². The number of rotatable bonds is 4. The van der Waals surface area contributed by atoms with Gasteiger partial charge in [-0.25, -0.2) is 4.79 Å². The Morgan fingerprint density at radius 3 is 2.18 bits per heavy atom. The number of hydrogen-bond acceptors (Lipinski definition) is 5. The van der Waals surface area contributed by atoms with Crippen molar-refractivity contribution < 1.29 is 13.9 Å². The summed E-state index contributed by atoms with van der Waals surface area (Å²) < 4.78 is 11.7. The average molecular weight is 476 g/mol. The zero-order valence-corrected chi connectivity index (χ0v) is 20.6. The van der Waals surface area contributed by atoms with Gasteiger partial charge in [0.15, 0.2) is 5.76 Å². The van der Waals surface area contributed by atoms with Gasteiger partial charge in [-0.15, -0.1) is 0 Å². The first-order chi connectivity index (χ1) is 16.0. The summed E-state index contributed by atoms with van der Waals surface area (Å²) >= 11 is 6.11. The van der Waals surface area contributed by atoms with Crippen molar-refractivity contribution in [2.24, 2.45) is 0 Å². The molecular weight excluding hydrogens is 450 g/mol. The summed E-state index contributed by atoms with van der Waals surface area (Å²) in [5, 5.41) is 0.631. The average Bonchev–Trinajstić information content (AvgIpc) is 2.80. The predicted octanol–water partition coefficient (Wildman–Crippen LogP) is 6.70. The van der Waals surface area contributed by atoms with E-state index in [4.69, 9.17) is 20.8 Å². The highest BCUT2D eigenvalue weighted by Crippen LogP contribution is 2.34. The molecule has 0 saturated carbocycles. The molecule has 0 aliphatic carbocycles. The number of fused-ring (bicyclic) bond motifs is 1. The molecule has 0 amide bonds. The van der Waals surface area contributed by atoms with Crippen molar-refractivity contribution in [1.29, 1.82) is 0 Å². The summed E-state index contributed by atoms with van der Waals surface area (Å²) in [6, 6.07) is 19.4. The molecule has 1 heterocycles. The van der Waals surface area contributed by atoms with Crippen molar-refractivity contribution >= 4 is 34.2 Å². The quantitative estimate of drug-likeness (QED) is 0.307. The van der Waals surface area contributed by atoms with Gasteiger partial charge < -0.3 is 14.1 Å². The number of carbonyl (C=O) groups is 1. The highest BCUT2D eigenvalue weighted by Gasteiger charge is 2.22. The van der Waals surface area contributed by atoms with E-state index in [2.05, 4.69) is 20.8 Å². The van der Waals surface area contributed by atoms with Crippen LogP contribution < -0.4 is 15.1 Å². The highest BCUT2D eigenvalue weighted by molar-refractivity contribution is 6.31. The molecule has 0 bridgehead atoms. The third-order valence-electron chi connectivity index (χ3n) is 5.64. The largest absolute Gasteiger partial charge is 0.452 e. The van der Waals surface area contributed by atoms with E-state index in [-0.39, 0.29) is 22.3 Å². The molecule has 0 aliphatic rings. The standard InChI is InChI=1S/C28H26ClNO4/c1-28(2,3)19-10-6-17(7-11-19)25-26(24(31)22-16-20(29)12-15-23(22)33-25)34-27(32)18-8-13-21(14-9-18)30(4)5/h6-16H,1-5H3. The molecule has 0 N–H and O–H groups in total. The van der Waals surface area contributed by atoms with Gasteiger partial charge in [-0.3, -0.25) is 4.79 Å². The van der Waals surface area contributed by atoms with E-state index < -0.39 is 11.4 Å². The van der Waals surface area contributed by atoms with Crippen molar-refractivity contribution in [3.05, 3.63) is 93.1 Å². The maximum Gasteiger partial charge on any atom is 0.343 e. The number of halogens is 1. The Hall–Kier alpha value is -3.57. The van der Waals surface area contributed by atoms with E-state index in [1.54, 1.807) is 24.3 Å². The summed E-state index contributed by atoms with van der Waals surface area (Å²) in [4.78, 5) is 28.3. The lowest BCUT2D eigenvalue weighted by Crippen LogP contribution is -2.17. The van der Waals surface area contributed by atoms with Gasteiger partial charge in [-0.05, 0) is 53.4 Å². The van der Waals surface area contributed by atoms with Crippen LogP contribution in [-0.4, -0.2) is 20.1 Å². The Morgan fingerprint density at radius 1 is 0.941 bits per heavy atom. The second-order valence-corrected chi connectivity index (χ2v) is 9.82. The zero-order valence-electron chi connectivity index (χ0n) is 19.8. The molecule has 4 rings (SSSR count). The second kappa shape index (κ2) is 8.99. The Balaban J connectivity index is 1.82. The SMILES string of the molecule is CN(C)c1ccc(C(=O)Oc2c(-c3ccc(C(C)(C)C)cc3)oc3ccc(Cl)cc3c2=O)cc1. The number of anilines is 1. The van der Waals surface area contributed by atoms with Crippen LogP contribution >= 0.6 is 11.6 Å². The lowest BCUT2D eigenvalue weighted by atomic mass is 9.86.